The first-order chi connectivity index (χ1) is 6.19. The standard InChI is InChI=1S/C9H16N4/c1-3-8(13-11)7-4-6(2)5-12-9(7)10/h4-5,8,13H,3,11H2,1-2H3,(H2,10,12). The third-order valence-corrected chi connectivity index (χ3v) is 2.07. The molecule has 0 aromatic carbocycles. The fourth-order valence-corrected chi connectivity index (χ4v) is 1.31. The van der Waals surface area contributed by atoms with Crippen LogP contribution in [-0.2, 0) is 0 Å². The molecule has 0 saturated heterocycles. The molecule has 0 saturated carbocycles. The summed E-state index contributed by atoms with van der Waals surface area (Å²) in [6.45, 7) is 4.03. The summed E-state index contributed by atoms with van der Waals surface area (Å²) in [5.41, 5.74) is 10.5. The molecule has 1 unspecified atom stereocenters. The largest absolute Gasteiger partial charge is 0.383 e. The number of aryl methyl sites for hydroxylation is 1. The Morgan fingerprint density at radius 2 is 2.31 bits per heavy atom. The molecule has 13 heavy (non-hydrogen) atoms. The maximum atomic E-state index is 5.73. The third-order valence-electron chi connectivity index (χ3n) is 2.07. The Kier molecular flexibility index (Phi) is 3.22. The van der Waals surface area contributed by atoms with Gasteiger partial charge in [0, 0.05) is 17.8 Å². The molecule has 0 aliphatic heterocycles. The lowest BCUT2D eigenvalue weighted by Crippen LogP contribution is -2.28. The van der Waals surface area contributed by atoms with E-state index in [-0.39, 0.29) is 6.04 Å². The lowest BCUT2D eigenvalue weighted by atomic mass is 10.0. The third kappa shape index (κ3) is 2.17. The second kappa shape index (κ2) is 4.20. The van der Waals surface area contributed by atoms with Crippen LogP contribution < -0.4 is 17.0 Å². The van der Waals surface area contributed by atoms with E-state index in [4.69, 9.17) is 11.6 Å². The van der Waals surface area contributed by atoms with Gasteiger partial charge in [-0.3, -0.25) is 11.3 Å². The maximum absolute atomic E-state index is 5.73. The summed E-state index contributed by atoms with van der Waals surface area (Å²) in [5.74, 6) is 5.95. The Morgan fingerprint density at radius 1 is 1.62 bits per heavy atom. The summed E-state index contributed by atoms with van der Waals surface area (Å²) in [6.07, 6.45) is 2.65. The highest BCUT2D eigenvalue weighted by Gasteiger charge is 2.11. The van der Waals surface area contributed by atoms with Gasteiger partial charge >= 0.3 is 0 Å². The minimum absolute atomic E-state index is 0.0902. The summed E-state index contributed by atoms with van der Waals surface area (Å²) in [6, 6.07) is 2.10. The van der Waals surface area contributed by atoms with E-state index in [2.05, 4.69) is 10.4 Å². The smallest absolute Gasteiger partial charge is 0.128 e. The molecule has 0 bridgehead atoms. The van der Waals surface area contributed by atoms with E-state index in [9.17, 15) is 0 Å². The Hall–Kier alpha value is -1.13. The van der Waals surface area contributed by atoms with Crippen molar-refractivity contribution in [2.45, 2.75) is 26.3 Å². The summed E-state index contributed by atoms with van der Waals surface area (Å²) in [5, 5.41) is 0. The first-order valence-corrected chi connectivity index (χ1v) is 4.37. The van der Waals surface area contributed by atoms with Gasteiger partial charge in [-0.15, -0.1) is 0 Å². The predicted molar refractivity (Wildman–Crippen MR) is 53.7 cm³/mol. The molecule has 1 rings (SSSR count). The fraction of sp³-hybridized carbons (Fsp3) is 0.444. The molecule has 0 aliphatic carbocycles. The van der Waals surface area contributed by atoms with Crippen LogP contribution in [0.3, 0.4) is 0 Å². The molecule has 72 valence electrons. The van der Waals surface area contributed by atoms with Gasteiger partial charge in [0.15, 0.2) is 0 Å². The molecule has 0 aliphatic rings. The molecule has 0 fully saturated rings. The number of rotatable bonds is 3. The van der Waals surface area contributed by atoms with Crippen LogP contribution in [0.1, 0.15) is 30.5 Å². The lowest BCUT2D eigenvalue weighted by Gasteiger charge is -2.15. The number of hydrazine groups is 1. The molecular weight excluding hydrogens is 164 g/mol. The number of aromatic nitrogens is 1. The maximum Gasteiger partial charge on any atom is 0.128 e. The highest BCUT2D eigenvalue weighted by molar-refractivity contribution is 5.42. The van der Waals surface area contributed by atoms with Crippen molar-refractivity contribution < 1.29 is 0 Å². The summed E-state index contributed by atoms with van der Waals surface area (Å²) >= 11 is 0. The highest BCUT2D eigenvalue weighted by Crippen LogP contribution is 2.21. The van der Waals surface area contributed by atoms with Crippen molar-refractivity contribution in [1.29, 1.82) is 0 Å². The van der Waals surface area contributed by atoms with Gasteiger partial charge in [0.05, 0.1) is 0 Å². The van der Waals surface area contributed by atoms with E-state index in [1.165, 1.54) is 0 Å². The zero-order chi connectivity index (χ0) is 9.84. The first-order valence-electron chi connectivity index (χ1n) is 4.37. The van der Waals surface area contributed by atoms with Gasteiger partial charge in [-0.1, -0.05) is 6.92 Å². The first kappa shape index (κ1) is 9.95. The molecular formula is C9H16N4. The zero-order valence-corrected chi connectivity index (χ0v) is 8.04. The van der Waals surface area contributed by atoms with Crippen LogP contribution in [0.15, 0.2) is 12.3 Å². The van der Waals surface area contributed by atoms with Crippen molar-refractivity contribution in [3.8, 4) is 0 Å². The van der Waals surface area contributed by atoms with Crippen LogP contribution in [-0.4, -0.2) is 4.98 Å². The van der Waals surface area contributed by atoms with E-state index in [1.807, 2.05) is 19.9 Å². The van der Waals surface area contributed by atoms with Gasteiger partial charge < -0.3 is 5.73 Å². The Balaban J connectivity index is 3.03. The Morgan fingerprint density at radius 3 is 2.85 bits per heavy atom. The van der Waals surface area contributed by atoms with Crippen LogP contribution in [0.5, 0.6) is 0 Å². The van der Waals surface area contributed by atoms with Crippen LogP contribution in [0.2, 0.25) is 0 Å². The lowest BCUT2D eigenvalue weighted by molar-refractivity contribution is 0.539. The molecule has 0 spiro atoms. The summed E-state index contributed by atoms with van der Waals surface area (Å²) in [7, 11) is 0. The number of anilines is 1. The van der Waals surface area contributed by atoms with E-state index >= 15 is 0 Å². The minimum atomic E-state index is 0.0902. The number of pyridine rings is 1. The van der Waals surface area contributed by atoms with Crippen molar-refractivity contribution in [2.75, 3.05) is 5.73 Å². The second-order valence-corrected chi connectivity index (χ2v) is 3.11. The van der Waals surface area contributed by atoms with E-state index in [0.717, 1.165) is 17.5 Å². The predicted octanol–water partition coefficient (Wildman–Crippen LogP) is 0.887. The minimum Gasteiger partial charge on any atom is -0.383 e. The summed E-state index contributed by atoms with van der Waals surface area (Å²) < 4.78 is 0. The van der Waals surface area contributed by atoms with Gasteiger partial charge in [-0.25, -0.2) is 4.98 Å². The van der Waals surface area contributed by atoms with Crippen LogP contribution >= 0.6 is 0 Å². The molecule has 5 N–H and O–H groups in total. The molecule has 1 atom stereocenters. The van der Waals surface area contributed by atoms with E-state index < -0.39 is 0 Å². The number of hydrogen-bond acceptors (Lipinski definition) is 4. The number of nitrogen functional groups attached to an aromatic ring is 1. The molecule has 1 aromatic rings. The van der Waals surface area contributed by atoms with Crippen LogP contribution in [0, 0.1) is 6.92 Å². The van der Waals surface area contributed by atoms with Gasteiger partial charge in [-0.05, 0) is 25.0 Å². The molecule has 4 nitrogen and oxygen atoms in total. The average Bonchev–Trinajstić information content (AvgIpc) is 2.13. The molecule has 0 radical (unpaired) electrons. The van der Waals surface area contributed by atoms with Gasteiger partial charge in [-0.2, -0.15) is 0 Å². The molecule has 0 amide bonds. The fourth-order valence-electron chi connectivity index (χ4n) is 1.31. The number of nitrogens with zero attached hydrogens (tertiary/aromatic N) is 1. The molecule has 1 aromatic heterocycles. The number of nitrogens with one attached hydrogen (secondary N) is 1. The van der Waals surface area contributed by atoms with Gasteiger partial charge in [0.25, 0.3) is 0 Å². The average molecular weight is 180 g/mol. The Bertz CT molecular complexity index is 281. The zero-order valence-electron chi connectivity index (χ0n) is 8.04. The van der Waals surface area contributed by atoms with Crippen LogP contribution in [0.4, 0.5) is 5.82 Å². The topological polar surface area (TPSA) is 77.0 Å². The van der Waals surface area contributed by atoms with Gasteiger partial charge in [0.1, 0.15) is 5.82 Å². The number of nitrogens with two attached hydrogens (primary N) is 2. The van der Waals surface area contributed by atoms with Crippen molar-refractivity contribution in [1.82, 2.24) is 10.4 Å². The van der Waals surface area contributed by atoms with Crippen molar-refractivity contribution >= 4 is 5.82 Å². The van der Waals surface area contributed by atoms with Crippen molar-refractivity contribution in [2.24, 2.45) is 5.84 Å². The van der Waals surface area contributed by atoms with E-state index in [1.54, 1.807) is 6.20 Å². The number of hydrogen-bond donors (Lipinski definition) is 3. The highest BCUT2D eigenvalue weighted by atomic mass is 15.2. The Labute approximate surface area is 78.3 Å². The monoisotopic (exact) mass is 180 g/mol. The summed E-state index contributed by atoms with van der Waals surface area (Å²) in [4.78, 5) is 4.08. The second-order valence-electron chi connectivity index (χ2n) is 3.11. The van der Waals surface area contributed by atoms with Crippen molar-refractivity contribution in [3.05, 3.63) is 23.4 Å². The van der Waals surface area contributed by atoms with Gasteiger partial charge in [0.2, 0.25) is 0 Å². The molecule has 4 heteroatoms. The van der Waals surface area contributed by atoms with Crippen molar-refractivity contribution in [3.63, 3.8) is 0 Å². The normalized spacial score (nSPS) is 12.8. The van der Waals surface area contributed by atoms with Crippen LogP contribution in [0.25, 0.3) is 0 Å². The molecule has 1 heterocycles. The van der Waals surface area contributed by atoms with E-state index in [0.29, 0.717) is 5.82 Å². The SMILES string of the molecule is CCC(NN)c1cc(C)cnc1N. The quantitative estimate of drug-likeness (QED) is 0.477.